The lowest BCUT2D eigenvalue weighted by molar-refractivity contribution is -0.145. The summed E-state index contributed by atoms with van der Waals surface area (Å²) in [5.74, 6) is -0.196. The number of carbonyl (C=O) groups is 2. The minimum absolute atomic E-state index is 0.134. The third kappa shape index (κ3) is 5.08. The highest BCUT2D eigenvalue weighted by Crippen LogP contribution is 2.37. The molecule has 0 saturated carbocycles. The summed E-state index contributed by atoms with van der Waals surface area (Å²) in [5.41, 5.74) is 9.24. The number of hydrogen-bond acceptors (Lipinski definition) is 7. The maximum atomic E-state index is 13.3. The second kappa shape index (κ2) is 10.5. The largest absolute Gasteiger partial charge is 0.383 e. The third-order valence-electron chi connectivity index (χ3n) is 7.48. The van der Waals surface area contributed by atoms with Crippen molar-refractivity contribution >= 4 is 44.9 Å². The lowest BCUT2D eigenvalue weighted by Gasteiger charge is -2.35. The Labute approximate surface area is 215 Å². The van der Waals surface area contributed by atoms with E-state index in [-0.39, 0.29) is 6.04 Å². The molecule has 0 aliphatic carbocycles. The summed E-state index contributed by atoms with van der Waals surface area (Å²) >= 11 is 1.79. The average Bonchev–Trinajstić information content (AvgIpc) is 3.33. The van der Waals surface area contributed by atoms with E-state index >= 15 is 0 Å². The number of nitrogens with one attached hydrogen (secondary N) is 1. The van der Waals surface area contributed by atoms with Gasteiger partial charge in [0, 0.05) is 12.5 Å². The molecule has 9 heteroatoms. The highest BCUT2D eigenvalue weighted by atomic mass is 32.1. The number of piperidine rings is 2. The number of likely N-dealkylation sites (tertiary alicyclic amines) is 2. The minimum Gasteiger partial charge on any atom is -0.383 e. The molecule has 3 aromatic rings. The second-order valence-electron chi connectivity index (χ2n) is 9.94. The number of aromatic nitrogens is 2. The molecule has 0 unspecified atom stereocenters. The number of pyridine rings is 1. The Morgan fingerprint density at radius 2 is 1.94 bits per heavy atom. The zero-order valence-corrected chi connectivity index (χ0v) is 21.8. The maximum Gasteiger partial charge on any atom is 0.313 e. The van der Waals surface area contributed by atoms with Crippen molar-refractivity contribution in [2.24, 2.45) is 0 Å². The first-order chi connectivity index (χ1) is 17.4. The SMILES string of the molecule is CCc1cc(NC(=O)C(=O)N2CCCC[C@@H]2c2ccc3sc(C4CCN(C)CC4)nc3c2)cnc1N. The molecule has 5 rings (SSSR count). The number of aryl methyl sites for hydroxylation is 1. The summed E-state index contributed by atoms with van der Waals surface area (Å²) in [6.07, 6.45) is 7.22. The number of carbonyl (C=O) groups excluding carboxylic acids is 2. The Morgan fingerprint density at radius 1 is 1.14 bits per heavy atom. The molecule has 2 aromatic heterocycles. The second-order valence-corrected chi connectivity index (χ2v) is 11.0. The van der Waals surface area contributed by atoms with Gasteiger partial charge in [0.2, 0.25) is 0 Å². The molecule has 0 bridgehead atoms. The number of nitrogens with two attached hydrogens (primary N) is 1. The van der Waals surface area contributed by atoms with Gasteiger partial charge in [0.05, 0.1) is 33.2 Å². The van der Waals surface area contributed by atoms with Gasteiger partial charge in [0.15, 0.2) is 0 Å². The molecular formula is C27H34N6O2S. The predicted octanol–water partition coefficient (Wildman–Crippen LogP) is 4.34. The average molecular weight is 507 g/mol. The summed E-state index contributed by atoms with van der Waals surface area (Å²) in [4.78, 5) is 39.4. The van der Waals surface area contributed by atoms with Crippen molar-refractivity contribution in [2.45, 2.75) is 57.4 Å². The first-order valence-electron chi connectivity index (χ1n) is 12.9. The normalized spacial score (nSPS) is 19.5. The lowest BCUT2D eigenvalue weighted by Crippen LogP contribution is -2.44. The number of thiazole rings is 1. The van der Waals surface area contributed by atoms with E-state index in [0.29, 0.717) is 30.4 Å². The summed E-state index contributed by atoms with van der Waals surface area (Å²) in [7, 11) is 2.17. The molecule has 4 heterocycles. The van der Waals surface area contributed by atoms with E-state index in [9.17, 15) is 9.59 Å². The third-order valence-corrected chi connectivity index (χ3v) is 8.68. The van der Waals surface area contributed by atoms with E-state index < -0.39 is 11.8 Å². The van der Waals surface area contributed by atoms with Crippen LogP contribution in [0.1, 0.15) is 67.1 Å². The zero-order chi connectivity index (χ0) is 25.2. The molecule has 8 nitrogen and oxygen atoms in total. The number of anilines is 2. The Kier molecular flexibility index (Phi) is 7.20. The van der Waals surface area contributed by atoms with Gasteiger partial charge in [-0.2, -0.15) is 0 Å². The Hall–Kier alpha value is -3.04. The van der Waals surface area contributed by atoms with Gasteiger partial charge in [-0.1, -0.05) is 13.0 Å². The number of amides is 2. The Bertz CT molecular complexity index is 1270. The molecule has 1 atom stereocenters. The van der Waals surface area contributed by atoms with E-state index in [0.717, 1.165) is 61.8 Å². The van der Waals surface area contributed by atoms with Crippen LogP contribution in [0.5, 0.6) is 0 Å². The van der Waals surface area contributed by atoms with E-state index in [2.05, 4.69) is 40.4 Å². The van der Waals surface area contributed by atoms with E-state index in [1.807, 2.05) is 6.92 Å². The zero-order valence-electron chi connectivity index (χ0n) is 21.0. The van der Waals surface area contributed by atoms with E-state index in [1.165, 1.54) is 15.9 Å². The number of hydrogen-bond donors (Lipinski definition) is 2. The van der Waals surface area contributed by atoms with Gasteiger partial charge < -0.3 is 20.9 Å². The minimum atomic E-state index is -0.644. The molecule has 36 heavy (non-hydrogen) atoms. The molecular weight excluding hydrogens is 472 g/mol. The molecule has 2 fully saturated rings. The molecule has 2 aliphatic heterocycles. The standard InChI is InChI=1S/C27H34N6O2S/c1-3-17-14-20(16-29-24(17)28)30-25(34)27(35)33-11-5-4-6-22(33)19-7-8-23-21(15-19)31-26(36-23)18-9-12-32(2)13-10-18/h7-8,14-16,18,22H,3-6,9-13H2,1-2H3,(H2,28,29)(H,30,34)/t22-/m1/s1. The van der Waals surface area contributed by atoms with E-state index in [4.69, 9.17) is 10.7 Å². The van der Waals surface area contributed by atoms with Crippen LogP contribution in [0.4, 0.5) is 11.5 Å². The Morgan fingerprint density at radius 3 is 2.72 bits per heavy atom. The first-order valence-corrected chi connectivity index (χ1v) is 13.7. The predicted molar refractivity (Wildman–Crippen MR) is 144 cm³/mol. The van der Waals surface area contributed by atoms with Crippen LogP contribution in [0.3, 0.4) is 0 Å². The van der Waals surface area contributed by atoms with Crippen molar-refractivity contribution in [3.05, 3.63) is 46.6 Å². The molecule has 2 saturated heterocycles. The van der Waals surface area contributed by atoms with Crippen molar-refractivity contribution in [3.63, 3.8) is 0 Å². The fraction of sp³-hybridized carbons (Fsp3) is 0.481. The molecule has 1 aromatic carbocycles. The molecule has 2 amide bonds. The van der Waals surface area contributed by atoms with Gasteiger partial charge in [-0.05, 0) is 88.0 Å². The summed E-state index contributed by atoms with van der Waals surface area (Å²) < 4.78 is 1.18. The van der Waals surface area contributed by atoms with Crippen LogP contribution >= 0.6 is 11.3 Å². The van der Waals surface area contributed by atoms with Crippen molar-refractivity contribution in [2.75, 3.05) is 37.7 Å². The van der Waals surface area contributed by atoms with Crippen LogP contribution in [-0.2, 0) is 16.0 Å². The highest BCUT2D eigenvalue weighted by molar-refractivity contribution is 7.18. The molecule has 0 spiro atoms. The van der Waals surface area contributed by atoms with Crippen LogP contribution in [0.2, 0.25) is 0 Å². The van der Waals surface area contributed by atoms with Gasteiger partial charge in [-0.15, -0.1) is 11.3 Å². The number of nitrogen functional groups attached to an aromatic ring is 1. The Balaban J connectivity index is 1.33. The molecule has 2 aliphatic rings. The number of nitrogens with zero attached hydrogens (tertiary/aromatic N) is 4. The summed E-state index contributed by atoms with van der Waals surface area (Å²) in [6.45, 7) is 4.75. The monoisotopic (exact) mass is 506 g/mol. The van der Waals surface area contributed by atoms with Gasteiger partial charge in [-0.3, -0.25) is 9.59 Å². The van der Waals surface area contributed by atoms with Crippen LogP contribution in [0.15, 0.2) is 30.5 Å². The number of benzene rings is 1. The summed E-state index contributed by atoms with van der Waals surface area (Å²) in [6, 6.07) is 8.00. The summed E-state index contributed by atoms with van der Waals surface area (Å²) in [5, 5.41) is 3.94. The van der Waals surface area contributed by atoms with Crippen LogP contribution < -0.4 is 11.1 Å². The van der Waals surface area contributed by atoms with Crippen LogP contribution in [-0.4, -0.2) is 58.3 Å². The number of fused-ring (bicyclic) bond motifs is 1. The topological polar surface area (TPSA) is 104 Å². The lowest BCUT2D eigenvalue weighted by atomic mass is 9.94. The molecule has 190 valence electrons. The smallest absolute Gasteiger partial charge is 0.313 e. The highest BCUT2D eigenvalue weighted by Gasteiger charge is 2.32. The van der Waals surface area contributed by atoms with Crippen molar-refractivity contribution in [1.29, 1.82) is 0 Å². The van der Waals surface area contributed by atoms with Crippen LogP contribution in [0.25, 0.3) is 10.2 Å². The first kappa shape index (κ1) is 24.6. The van der Waals surface area contributed by atoms with Crippen molar-refractivity contribution in [1.82, 2.24) is 19.8 Å². The van der Waals surface area contributed by atoms with Gasteiger partial charge in [0.1, 0.15) is 5.82 Å². The fourth-order valence-electron chi connectivity index (χ4n) is 5.31. The fourth-order valence-corrected chi connectivity index (χ4v) is 6.43. The molecule has 0 radical (unpaired) electrons. The van der Waals surface area contributed by atoms with Gasteiger partial charge in [0.25, 0.3) is 0 Å². The quantitative estimate of drug-likeness (QED) is 0.510. The van der Waals surface area contributed by atoms with Gasteiger partial charge >= 0.3 is 11.8 Å². The molecule has 3 N–H and O–H groups in total. The van der Waals surface area contributed by atoms with Crippen LogP contribution in [0, 0.1) is 0 Å². The maximum absolute atomic E-state index is 13.3. The van der Waals surface area contributed by atoms with E-state index in [1.54, 1.807) is 22.3 Å². The number of rotatable bonds is 4. The van der Waals surface area contributed by atoms with Crippen molar-refractivity contribution in [3.8, 4) is 0 Å². The van der Waals surface area contributed by atoms with Crippen molar-refractivity contribution < 1.29 is 9.59 Å². The van der Waals surface area contributed by atoms with Gasteiger partial charge in [-0.25, -0.2) is 9.97 Å².